The van der Waals surface area contributed by atoms with Crippen LogP contribution in [-0.4, -0.2) is 10.9 Å². The highest BCUT2D eigenvalue weighted by Gasteiger charge is 2.07. The molecule has 0 atom stereocenters. The lowest BCUT2D eigenvalue weighted by molar-refractivity contribution is 0.102. The van der Waals surface area contributed by atoms with Crippen LogP contribution in [-0.2, 0) is 6.54 Å². The molecule has 1 amide bonds. The lowest BCUT2D eigenvalue weighted by atomic mass is 10.2. The first-order valence-electron chi connectivity index (χ1n) is 5.69. The SMILES string of the molecule is N#Cc1ccc(NC(=O)c2ccnc(CN)c2)cc1. The number of carbonyl (C=O) groups is 1. The molecule has 94 valence electrons. The van der Waals surface area contributed by atoms with Crippen molar-refractivity contribution in [3.63, 3.8) is 0 Å². The molecular formula is C14H12N4O. The van der Waals surface area contributed by atoms with Crippen LogP contribution in [0.25, 0.3) is 0 Å². The Morgan fingerprint density at radius 2 is 2.05 bits per heavy atom. The zero-order valence-electron chi connectivity index (χ0n) is 10.1. The summed E-state index contributed by atoms with van der Waals surface area (Å²) in [5.74, 6) is -0.234. The monoisotopic (exact) mass is 252 g/mol. The second-order valence-electron chi connectivity index (χ2n) is 3.88. The number of aromatic nitrogens is 1. The number of hydrogen-bond donors (Lipinski definition) is 2. The van der Waals surface area contributed by atoms with Crippen LogP contribution in [0.5, 0.6) is 0 Å². The van der Waals surface area contributed by atoms with E-state index in [2.05, 4.69) is 10.3 Å². The molecule has 19 heavy (non-hydrogen) atoms. The van der Waals surface area contributed by atoms with Gasteiger partial charge in [-0.3, -0.25) is 9.78 Å². The number of nitrogens with two attached hydrogens (primary N) is 1. The van der Waals surface area contributed by atoms with E-state index < -0.39 is 0 Å². The normalized spacial score (nSPS) is 9.68. The van der Waals surface area contributed by atoms with Crippen LogP contribution in [0, 0.1) is 11.3 Å². The molecule has 0 unspecified atom stereocenters. The van der Waals surface area contributed by atoms with E-state index >= 15 is 0 Å². The van der Waals surface area contributed by atoms with Gasteiger partial charge in [-0.2, -0.15) is 5.26 Å². The highest BCUT2D eigenvalue weighted by atomic mass is 16.1. The van der Waals surface area contributed by atoms with Gasteiger partial charge in [0.25, 0.3) is 5.91 Å². The van der Waals surface area contributed by atoms with Gasteiger partial charge < -0.3 is 11.1 Å². The lowest BCUT2D eigenvalue weighted by Crippen LogP contribution is -2.13. The molecule has 0 fully saturated rings. The maximum absolute atomic E-state index is 12.0. The van der Waals surface area contributed by atoms with Crippen LogP contribution < -0.4 is 11.1 Å². The highest BCUT2D eigenvalue weighted by molar-refractivity contribution is 6.04. The first-order chi connectivity index (χ1) is 9.22. The summed E-state index contributed by atoms with van der Waals surface area (Å²) in [5.41, 5.74) is 7.82. The quantitative estimate of drug-likeness (QED) is 0.869. The summed E-state index contributed by atoms with van der Waals surface area (Å²) < 4.78 is 0. The Balaban J connectivity index is 2.13. The first-order valence-corrected chi connectivity index (χ1v) is 5.69. The van der Waals surface area contributed by atoms with Crippen molar-refractivity contribution in [2.45, 2.75) is 6.54 Å². The number of nitrogens with one attached hydrogen (secondary N) is 1. The topological polar surface area (TPSA) is 91.8 Å². The van der Waals surface area contributed by atoms with Gasteiger partial charge in [0.1, 0.15) is 0 Å². The van der Waals surface area contributed by atoms with Crippen molar-refractivity contribution in [1.82, 2.24) is 4.98 Å². The third-order valence-corrected chi connectivity index (χ3v) is 2.56. The number of hydrogen-bond acceptors (Lipinski definition) is 4. The Bertz CT molecular complexity index is 629. The van der Waals surface area contributed by atoms with Gasteiger partial charge in [-0.25, -0.2) is 0 Å². The van der Waals surface area contributed by atoms with E-state index in [9.17, 15) is 4.79 Å². The fourth-order valence-electron chi connectivity index (χ4n) is 1.56. The van der Waals surface area contributed by atoms with Gasteiger partial charge >= 0.3 is 0 Å². The summed E-state index contributed by atoms with van der Waals surface area (Å²) in [6.07, 6.45) is 1.55. The molecule has 0 saturated heterocycles. The first kappa shape index (κ1) is 12.7. The molecule has 3 N–H and O–H groups in total. The Hall–Kier alpha value is -2.71. The summed E-state index contributed by atoms with van der Waals surface area (Å²) >= 11 is 0. The second kappa shape index (κ2) is 5.76. The zero-order chi connectivity index (χ0) is 13.7. The summed E-state index contributed by atoms with van der Waals surface area (Å²) in [5, 5.41) is 11.4. The molecule has 5 nitrogen and oxygen atoms in total. The van der Waals surface area contributed by atoms with Crippen molar-refractivity contribution in [3.05, 3.63) is 59.4 Å². The fraction of sp³-hybridized carbons (Fsp3) is 0.0714. The average Bonchev–Trinajstić information content (AvgIpc) is 2.48. The number of pyridine rings is 1. The summed E-state index contributed by atoms with van der Waals surface area (Å²) in [6, 6.07) is 12.0. The third kappa shape index (κ3) is 3.15. The maximum Gasteiger partial charge on any atom is 0.255 e. The Morgan fingerprint density at radius 3 is 2.68 bits per heavy atom. The van der Waals surface area contributed by atoms with Gasteiger partial charge in [0.05, 0.1) is 17.3 Å². The maximum atomic E-state index is 12.0. The number of nitriles is 1. The van der Waals surface area contributed by atoms with Crippen molar-refractivity contribution in [2.24, 2.45) is 5.73 Å². The molecule has 0 spiro atoms. The van der Waals surface area contributed by atoms with Crippen molar-refractivity contribution < 1.29 is 4.79 Å². The Morgan fingerprint density at radius 1 is 1.32 bits per heavy atom. The molecule has 2 rings (SSSR count). The summed E-state index contributed by atoms with van der Waals surface area (Å²) in [4.78, 5) is 16.0. The molecular weight excluding hydrogens is 240 g/mol. The molecule has 0 saturated carbocycles. The van der Waals surface area contributed by atoms with Crippen molar-refractivity contribution in [3.8, 4) is 6.07 Å². The largest absolute Gasteiger partial charge is 0.325 e. The zero-order valence-corrected chi connectivity index (χ0v) is 10.1. The van der Waals surface area contributed by atoms with E-state index in [1.165, 1.54) is 0 Å². The van der Waals surface area contributed by atoms with E-state index in [4.69, 9.17) is 11.0 Å². The van der Waals surface area contributed by atoms with Crippen molar-refractivity contribution in [2.75, 3.05) is 5.32 Å². The highest BCUT2D eigenvalue weighted by Crippen LogP contribution is 2.11. The average molecular weight is 252 g/mol. The van der Waals surface area contributed by atoms with Crippen LogP contribution in [0.15, 0.2) is 42.6 Å². The Labute approximate surface area is 110 Å². The second-order valence-corrected chi connectivity index (χ2v) is 3.88. The smallest absolute Gasteiger partial charge is 0.255 e. The minimum atomic E-state index is -0.234. The van der Waals surface area contributed by atoms with Gasteiger partial charge in [-0.1, -0.05) is 0 Å². The number of carbonyl (C=O) groups excluding carboxylic acids is 1. The van der Waals surface area contributed by atoms with Crippen LogP contribution >= 0.6 is 0 Å². The molecule has 5 heteroatoms. The van der Waals surface area contributed by atoms with Gasteiger partial charge in [-0.15, -0.1) is 0 Å². The molecule has 2 aromatic rings. The molecule has 1 aromatic heterocycles. The predicted octanol–water partition coefficient (Wildman–Crippen LogP) is 1.66. The molecule has 0 aliphatic heterocycles. The van der Waals surface area contributed by atoms with E-state index in [1.54, 1.807) is 42.6 Å². The number of nitrogens with zero attached hydrogens (tertiary/aromatic N) is 2. The molecule has 0 bridgehead atoms. The minimum absolute atomic E-state index is 0.234. The number of benzene rings is 1. The number of rotatable bonds is 3. The Kier molecular flexibility index (Phi) is 3.86. The molecule has 0 aliphatic rings. The molecule has 0 radical (unpaired) electrons. The van der Waals surface area contributed by atoms with Crippen molar-refractivity contribution >= 4 is 11.6 Å². The van der Waals surface area contributed by atoms with Crippen molar-refractivity contribution in [1.29, 1.82) is 5.26 Å². The lowest BCUT2D eigenvalue weighted by Gasteiger charge is -2.06. The van der Waals surface area contributed by atoms with Gasteiger partial charge in [0.15, 0.2) is 0 Å². The van der Waals surface area contributed by atoms with Crippen LogP contribution in [0.1, 0.15) is 21.6 Å². The summed E-state index contributed by atoms with van der Waals surface area (Å²) in [6.45, 7) is 0.290. The molecule has 1 aromatic carbocycles. The van der Waals surface area contributed by atoms with Gasteiger partial charge in [0.2, 0.25) is 0 Å². The van der Waals surface area contributed by atoms with Crippen LogP contribution in [0.2, 0.25) is 0 Å². The van der Waals surface area contributed by atoms with Gasteiger partial charge in [-0.05, 0) is 36.4 Å². The van der Waals surface area contributed by atoms with Crippen LogP contribution in [0.3, 0.4) is 0 Å². The van der Waals surface area contributed by atoms with E-state index in [0.717, 1.165) is 0 Å². The number of anilines is 1. The standard InChI is InChI=1S/C14H12N4O/c15-8-10-1-3-12(4-2-10)18-14(19)11-5-6-17-13(7-11)9-16/h1-7H,9,16H2,(H,18,19). The summed E-state index contributed by atoms with van der Waals surface area (Å²) in [7, 11) is 0. The van der Waals surface area contributed by atoms with Crippen LogP contribution in [0.4, 0.5) is 5.69 Å². The van der Waals surface area contributed by atoms with Gasteiger partial charge in [0, 0.05) is 24.0 Å². The minimum Gasteiger partial charge on any atom is -0.325 e. The van der Waals surface area contributed by atoms with E-state index in [1.807, 2.05) is 6.07 Å². The van der Waals surface area contributed by atoms with E-state index in [0.29, 0.717) is 22.5 Å². The third-order valence-electron chi connectivity index (χ3n) is 2.56. The predicted molar refractivity (Wildman–Crippen MR) is 71.2 cm³/mol. The molecule has 1 heterocycles. The molecule has 0 aliphatic carbocycles. The van der Waals surface area contributed by atoms with E-state index in [-0.39, 0.29) is 12.5 Å². The fourth-order valence-corrected chi connectivity index (χ4v) is 1.56. The number of amides is 1.